The number of nitrogen functional groups attached to an aromatic ring is 1. The van der Waals surface area contributed by atoms with Crippen LogP contribution in [0, 0.1) is 0 Å². The van der Waals surface area contributed by atoms with Gasteiger partial charge < -0.3 is 10.7 Å². The summed E-state index contributed by atoms with van der Waals surface area (Å²) >= 11 is 1.57. The standard InChI is InChI=1S/C8H10N6S/c9-14-8-1-7(11-4-12-8)10-2-6-3-15-5-13-6/h1,3-5H,2,9H2,(H2,10,11,12,14). The lowest BCUT2D eigenvalue weighted by molar-refractivity contribution is 1.04. The molecular formula is C8H10N6S. The quantitative estimate of drug-likeness (QED) is 0.524. The maximum absolute atomic E-state index is 5.23. The average molecular weight is 222 g/mol. The van der Waals surface area contributed by atoms with Gasteiger partial charge >= 0.3 is 0 Å². The van der Waals surface area contributed by atoms with E-state index >= 15 is 0 Å². The Hall–Kier alpha value is -1.73. The number of nitrogens with two attached hydrogens (primary N) is 1. The van der Waals surface area contributed by atoms with Gasteiger partial charge in [-0.05, 0) is 0 Å². The highest BCUT2D eigenvalue weighted by Crippen LogP contribution is 2.09. The molecule has 0 aromatic carbocycles. The number of nitrogens with zero attached hydrogens (tertiary/aromatic N) is 3. The SMILES string of the molecule is NNc1cc(NCc2cscn2)ncn1. The lowest BCUT2D eigenvalue weighted by Gasteiger charge is -2.04. The zero-order chi connectivity index (χ0) is 10.5. The third-order valence-electron chi connectivity index (χ3n) is 1.75. The largest absolute Gasteiger partial charge is 0.364 e. The minimum absolute atomic E-state index is 0.575. The van der Waals surface area contributed by atoms with Crippen LogP contribution in [0.15, 0.2) is 23.3 Å². The molecule has 0 fully saturated rings. The Morgan fingerprint density at radius 2 is 2.13 bits per heavy atom. The minimum Gasteiger partial charge on any atom is -0.364 e. The molecule has 0 spiro atoms. The molecule has 6 nitrogen and oxygen atoms in total. The normalized spacial score (nSPS) is 9.93. The molecule has 0 aliphatic carbocycles. The van der Waals surface area contributed by atoms with Crippen LogP contribution in [0.4, 0.5) is 11.6 Å². The molecule has 15 heavy (non-hydrogen) atoms. The lowest BCUT2D eigenvalue weighted by atomic mass is 10.4. The Morgan fingerprint density at radius 1 is 1.27 bits per heavy atom. The van der Waals surface area contributed by atoms with Crippen molar-refractivity contribution in [1.29, 1.82) is 0 Å². The van der Waals surface area contributed by atoms with E-state index in [4.69, 9.17) is 5.84 Å². The molecule has 78 valence electrons. The number of hydrogen-bond acceptors (Lipinski definition) is 7. The van der Waals surface area contributed by atoms with Crippen LogP contribution in [0.5, 0.6) is 0 Å². The molecule has 2 aromatic rings. The monoisotopic (exact) mass is 222 g/mol. The molecule has 0 saturated carbocycles. The zero-order valence-corrected chi connectivity index (χ0v) is 8.66. The summed E-state index contributed by atoms with van der Waals surface area (Å²) < 4.78 is 0. The summed E-state index contributed by atoms with van der Waals surface area (Å²) in [4.78, 5) is 12.1. The van der Waals surface area contributed by atoms with Crippen molar-refractivity contribution in [1.82, 2.24) is 15.0 Å². The fraction of sp³-hybridized carbons (Fsp3) is 0.125. The molecule has 0 aliphatic heterocycles. The van der Waals surface area contributed by atoms with E-state index < -0.39 is 0 Å². The van der Waals surface area contributed by atoms with E-state index in [2.05, 4.69) is 25.7 Å². The molecule has 0 atom stereocenters. The van der Waals surface area contributed by atoms with Crippen LogP contribution in [-0.4, -0.2) is 15.0 Å². The predicted molar refractivity (Wildman–Crippen MR) is 59.3 cm³/mol. The molecule has 0 bridgehead atoms. The molecule has 4 N–H and O–H groups in total. The van der Waals surface area contributed by atoms with E-state index in [1.54, 1.807) is 22.9 Å². The average Bonchev–Trinajstić information content (AvgIpc) is 2.79. The van der Waals surface area contributed by atoms with Gasteiger partial charge in [-0.2, -0.15) is 0 Å². The van der Waals surface area contributed by atoms with Crippen molar-refractivity contribution in [2.24, 2.45) is 5.84 Å². The van der Waals surface area contributed by atoms with Crippen LogP contribution >= 0.6 is 11.3 Å². The summed E-state index contributed by atoms with van der Waals surface area (Å²) in [6.45, 7) is 0.643. The Balaban J connectivity index is 1.98. The fourth-order valence-corrected chi connectivity index (χ4v) is 1.60. The first kappa shape index (κ1) is 9.81. The van der Waals surface area contributed by atoms with Gasteiger partial charge in [0.1, 0.15) is 18.0 Å². The topological polar surface area (TPSA) is 88.8 Å². The van der Waals surface area contributed by atoms with E-state index in [-0.39, 0.29) is 0 Å². The van der Waals surface area contributed by atoms with Crippen molar-refractivity contribution in [2.45, 2.75) is 6.54 Å². The summed E-state index contributed by atoms with van der Waals surface area (Å²) in [6, 6.07) is 1.73. The second kappa shape index (κ2) is 4.67. The van der Waals surface area contributed by atoms with Crippen LogP contribution in [-0.2, 0) is 6.54 Å². The molecule has 0 saturated heterocycles. The molecule has 2 aromatic heterocycles. The van der Waals surface area contributed by atoms with Crippen LogP contribution in [0.1, 0.15) is 5.69 Å². The predicted octanol–water partition coefficient (Wildman–Crippen LogP) is 0.831. The maximum atomic E-state index is 5.23. The van der Waals surface area contributed by atoms with Crippen LogP contribution in [0.2, 0.25) is 0 Å². The Labute approximate surface area is 90.6 Å². The fourth-order valence-electron chi connectivity index (χ4n) is 1.04. The molecule has 0 amide bonds. The van der Waals surface area contributed by atoms with Gasteiger partial charge in [-0.15, -0.1) is 11.3 Å². The smallest absolute Gasteiger partial charge is 0.145 e. The third kappa shape index (κ3) is 2.61. The number of hydrogen-bond donors (Lipinski definition) is 3. The molecule has 7 heteroatoms. The number of thiazole rings is 1. The van der Waals surface area contributed by atoms with Gasteiger partial charge in [-0.1, -0.05) is 0 Å². The van der Waals surface area contributed by atoms with Crippen molar-refractivity contribution < 1.29 is 0 Å². The molecule has 2 heterocycles. The van der Waals surface area contributed by atoms with Crippen molar-refractivity contribution in [2.75, 3.05) is 10.7 Å². The van der Waals surface area contributed by atoms with Crippen molar-refractivity contribution in [3.05, 3.63) is 29.0 Å². The summed E-state index contributed by atoms with van der Waals surface area (Å²) in [5.41, 5.74) is 5.24. The highest BCUT2D eigenvalue weighted by molar-refractivity contribution is 7.07. The molecule has 0 radical (unpaired) electrons. The van der Waals surface area contributed by atoms with E-state index in [0.717, 1.165) is 5.69 Å². The number of aromatic nitrogens is 3. The van der Waals surface area contributed by atoms with Gasteiger partial charge in [0.05, 0.1) is 17.7 Å². The van der Waals surface area contributed by atoms with Crippen LogP contribution in [0.3, 0.4) is 0 Å². The minimum atomic E-state index is 0.575. The second-order valence-corrected chi connectivity index (χ2v) is 3.48. The molecule has 2 rings (SSSR count). The Morgan fingerprint density at radius 3 is 2.87 bits per heavy atom. The van der Waals surface area contributed by atoms with Crippen molar-refractivity contribution in [3.8, 4) is 0 Å². The van der Waals surface area contributed by atoms with Gasteiger partial charge in [-0.3, -0.25) is 0 Å². The first-order chi connectivity index (χ1) is 7.38. The van der Waals surface area contributed by atoms with Crippen LogP contribution in [0.25, 0.3) is 0 Å². The number of rotatable bonds is 4. The Kier molecular flexibility index (Phi) is 3.05. The van der Waals surface area contributed by atoms with Gasteiger partial charge in [0.2, 0.25) is 0 Å². The van der Waals surface area contributed by atoms with Crippen LogP contribution < -0.4 is 16.6 Å². The van der Waals surface area contributed by atoms with Gasteiger partial charge in [0.15, 0.2) is 0 Å². The van der Waals surface area contributed by atoms with E-state index in [0.29, 0.717) is 18.2 Å². The Bertz CT molecular complexity index is 415. The summed E-state index contributed by atoms with van der Waals surface area (Å²) in [7, 11) is 0. The summed E-state index contributed by atoms with van der Waals surface area (Å²) in [6.07, 6.45) is 1.44. The highest BCUT2D eigenvalue weighted by atomic mass is 32.1. The zero-order valence-electron chi connectivity index (χ0n) is 7.84. The lowest BCUT2D eigenvalue weighted by Crippen LogP contribution is -2.10. The number of anilines is 2. The third-order valence-corrected chi connectivity index (χ3v) is 2.38. The van der Waals surface area contributed by atoms with Gasteiger partial charge in [-0.25, -0.2) is 20.8 Å². The molecule has 0 aliphatic rings. The van der Waals surface area contributed by atoms with E-state index in [1.165, 1.54) is 6.33 Å². The van der Waals surface area contributed by atoms with Gasteiger partial charge in [0, 0.05) is 11.4 Å². The highest BCUT2D eigenvalue weighted by Gasteiger charge is 1.98. The van der Waals surface area contributed by atoms with E-state index in [1.807, 2.05) is 5.38 Å². The van der Waals surface area contributed by atoms with Crippen molar-refractivity contribution >= 4 is 23.0 Å². The number of hydrazine groups is 1. The first-order valence-electron chi connectivity index (χ1n) is 4.28. The van der Waals surface area contributed by atoms with Crippen molar-refractivity contribution in [3.63, 3.8) is 0 Å². The first-order valence-corrected chi connectivity index (χ1v) is 5.22. The summed E-state index contributed by atoms with van der Waals surface area (Å²) in [5, 5.41) is 5.10. The number of nitrogens with one attached hydrogen (secondary N) is 2. The molecular weight excluding hydrogens is 212 g/mol. The van der Waals surface area contributed by atoms with E-state index in [9.17, 15) is 0 Å². The summed E-state index contributed by atoms with van der Waals surface area (Å²) in [5.74, 6) is 6.52. The second-order valence-electron chi connectivity index (χ2n) is 2.77. The molecule has 0 unspecified atom stereocenters. The maximum Gasteiger partial charge on any atom is 0.145 e. The van der Waals surface area contributed by atoms with Gasteiger partial charge in [0.25, 0.3) is 0 Å².